The van der Waals surface area contributed by atoms with Crippen molar-refractivity contribution in [2.24, 2.45) is 17.3 Å². The Morgan fingerprint density at radius 3 is 2.94 bits per heavy atom. The predicted octanol–water partition coefficient (Wildman–Crippen LogP) is 1.45. The molecule has 0 aromatic rings. The van der Waals surface area contributed by atoms with Gasteiger partial charge in [0, 0.05) is 23.3 Å². The zero-order valence-corrected chi connectivity index (χ0v) is 10.1. The molecule has 2 heterocycles. The number of hydrogen-bond donors (Lipinski definition) is 0. The molecule has 1 spiro atoms. The summed E-state index contributed by atoms with van der Waals surface area (Å²) >= 11 is 0. The van der Waals surface area contributed by atoms with E-state index in [2.05, 4.69) is 13.5 Å². The van der Waals surface area contributed by atoms with Crippen molar-refractivity contribution < 1.29 is 19.1 Å². The van der Waals surface area contributed by atoms with Crippen molar-refractivity contribution in [2.45, 2.75) is 38.9 Å². The minimum Gasteiger partial charge on any atom is -0.458 e. The second-order valence-electron chi connectivity index (χ2n) is 5.57. The Morgan fingerprint density at radius 1 is 1.59 bits per heavy atom. The van der Waals surface area contributed by atoms with E-state index in [-0.39, 0.29) is 29.6 Å². The molecule has 0 radical (unpaired) electrons. The van der Waals surface area contributed by atoms with Gasteiger partial charge in [-0.15, -0.1) is 0 Å². The fourth-order valence-electron chi connectivity index (χ4n) is 3.51. The van der Waals surface area contributed by atoms with E-state index in [0.717, 1.165) is 6.42 Å². The van der Waals surface area contributed by atoms with Gasteiger partial charge in [-0.05, 0) is 19.3 Å². The van der Waals surface area contributed by atoms with Crippen molar-refractivity contribution in [3.8, 4) is 0 Å². The van der Waals surface area contributed by atoms with Gasteiger partial charge in [0.05, 0.1) is 0 Å². The molecule has 5 atom stereocenters. The Morgan fingerprint density at radius 2 is 2.29 bits per heavy atom. The van der Waals surface area contributed by atoms with Crippen LogP contribution in [0.15, 0.2) is 12.2 Å². The fraction of sp³-hybridized carbons (Fsp3) is 0.692. The molecule has 4 rings (SSSR count). The van der Waals surface area contributed by atoms with Gasteiger partial charge in [0.15, 0.2) is 0 Å². The summed E-state index contributed by atoms with van der Waals surface area (Å²) in [4.78, 5) is 23.1. The van der Waals surface area contributed by atoms with Gasteiger partial charge in [0.25, 0.3) is 0 Å². The monoisotopic (exact) mass is 236 g/mol. The van der Waals surface area contributed by atoms with Gasteiger partial charge < -0.3 is 9.47 Å². The highest BCUT2D eigenvalue weighted by Gasteiger charge is 2.77. The molecule has 2 aliphatic heterocycles. The third-order valence-corrected chi connectivity index (χ3v) is 4.63. The van der Waals surface area contributed by atoms with Crippen LogP contribution in [-0.2, 0) is 19.1 Å². The van der Waals surface area contributed by atoms with Crippen LogP contribution in [0.4, 0.5) is 0 Å². The van der Waals surface area contributed by atoms with Crippen LogP contribution in [0.25, 0.3) is 0 Å². The number of rotatable bonds is 2. The molecular formula is C13H16O4. The fourth-order valence-corrected chi connectivity index (χ4v) is 3.51. The lowest BCUT2D eigenvalue weighted by atomic mass is 9.64. The molecule has 17 heavy (non-hydrogen) atoms. The molecule has 4 heteroatoms. The normalized spacial score (nSPS) is 45.9. The molecule has 2 saturated heterocycles. The third-order valence-electron chi connectivity index (χ3n) is 4.63. The summed E-state index contributed by atoms with van der Waals surface area (Å²) in [6.07, 6.45) is 0.951. The maximum atomic E-state index is 11.6. The highest BCUT2D eigenvalue weighted by Crippen LogP contribution is 2.72. The molecule has 0 amide bonds. The van der Waals surface area contributed by atoms with Crippen LogP contribution in [0.2, 0.25) is 0 Å². The zero-order chi connectivity index (χ0) is 12.4. The van der Waals surface area contributed by atoms with Gasteiger partial charge in [0.1, 0.15) is 12.2 Å². The van der Waals surface area contributed by atoms with E-state index in [1.165, 1.54) is 0 Å². The molecule has 2 bridgehead atoms. The van der Waals surface area contributed by atoms with Gasteiger partial charge in [-0.2, -0.15) is 0 Å². The first kappa shape index (κ1) is 10.8. The predicted molar refractivity (Wildman–Crippen MR) is 58.9 cm³/mol. The second-order valence-corrected chi connectivity index (χ2v) is 5.57. The van der Waals surface area contributed by atoms with Crippen LogP contribution >= 0.6 is 0 Å². The van der Waals surface area contributed by atoms with Gasteiger partial charge in [-0.25, -0.2) is 4.79 Å². The summed E-state index contributed by atoms with van der Waals surface area (Å²) in [5, 5.41) is 0. The molecule has 4 fully saturated rings. The van der Waals surface area contributed by atoms with Gasteiger partial charge in [-0.3, -0.25) is 4.79 Å². The minimum atomic E-state index is -0.380. The zero-order valence-electron chi connectivity index (χ0n) is 10.1. The van der Waals surface area contributed by atoms with E-state index in [0.29, 0.717) is 23.8 Å². The van der Waals surface area contributed by atoms with Crippen LogP contribution in [0.1, 0.15) is 26.7 Å². The quantitative estimate of drug-likeness (QED) is 0.538. The molecule has 2 aliphatic carbocycles. The van der Waals surface area contributed by atoms with Gasteiger partial charge in [0.2, 0.25) is 0 Å². The first-order valence-corrected chi connectivity index (χ1v) is 6.03. The SMILES string of the molecule is C=C(C)C(=O)OC1C2OC(=O)CC3CC31C2C. The lowest BCUT2D eigenvalue weighted by Crippen LogP contribution is -2.59. The van der Waals surface area contributed by atoms with Gasteiger partial charge in [-0.1, -0.05) is 13.5 Å². The topological polar surface area (TPSA) is 52.6 Å². The van der Waals surface area contributed by atoms with Crippen LogP contribution in [0.3, 0.4) is 0 Å². The van der Waals surface area contributed by atoms with Crippen molar-refractivity contribution in [3.05, 3.63) is 12.2 Å². The summed E-state index contributed by atoms with van der Waals surface area (Å²) in [6.45, 7) is 7.28. The highest BCUT2D eigenvalue weighted by atomic mass is 16.6. The molecule has 0 aromatic carbocycles. The van der Waals surface area contributed by atoms with Crippen molar-refractivity contribution in [1.82, 2.24) is 0 Å². The number of ether oxygens (including phenoxy) is 2. The highest BCUT2D eigenvalue weighted by molar-refractivity contribution is 5.87. The van der Waals surface area contributed by atoms with E-state index < -0.39 is 0 Å². The molecule has 5 unspecified atom stereocenters. The molecule has 4 nitrogen and oxygen atoms in total. The van der Waals surface area contributed by atoms with Crippen LogP contribution in [0, 0.1) is 17.3 Å². The molecular weight excluding hydrogens is 220 g/mol. The van der Waals surface area contributed by atoms with Crippen molar-refractivity contribution in [2.75, 3.05) is 0 Å². The Kier molecular flexibility index (Phi) is 1.98. The molecule has 0 N–H and O–H groups in total. The first-order chi connectivity index (χ1) is 7.96. The second kappa shape index (κ2) is 3.12. The standard InChI is InChI=1S/C13H16O4/c1-6(2)12(15)17-11-10-7(3)13(11)5-8(13)4-9(14)16-10/h7-8,10-11H,1,4-5H2,2-3H3. The first-order valence-electron chi connectivity index (χ1n) is 6.03. The smallest absolute Gasteiger partial charge is 0.333 e. The lowest BCUT2D eigenvalue weighted by Gasteiger charge is -2.48. The molecule has 4 aliphatic rings. The summed E-state index contributed by atoms with van der Waals surface area (Å²) < 4.78 is 10.8. The van der Waals surface area contributed by atoms with E-state index in [1.54, 1.807) is 6.92 Å². The third kappa shape index (κ3) is 1.24. The maximum absolute atomic E-state index is 11.6. The van der Waals surface area contributed by atoms with Gasteiger partial charge >= 0.3 is 11.9 Å². The van der Waals surface area contributed by atoms with Crippen LogP contribution < -0.4 is 0 Å². The van der Waals surface area contributed by atoms with Crippen molar-refractivity contribution in [3.63, 3.8) is 0 Å². The Hall–Kier alpha value is -1.32. The Labute approximate surface area is 100.0 Å². The summed E-state index contributed by atoms with van der Waals surface area (Å²) in [5.74, 6) is 0.114. The summed E-state index contributed by atoms with van der Waals surface area (Å²) in [7, 11) is 0. The van der Waals surface area contributed by atoms with Crippen molar-refractivity contribution >= 4 is 11.9 Å². The maximum Gasteiger partial charge on any atom is 0.333 e. The molecule has 0 aromatic heterocycles. The number of hydrogen-bond acceptors (Lipinski definition) is 4. The average molecular weight is 236 g/mol. The van der Waals surface area contributed by atoms with E-state index in [4.69, 9.17) is 9.47 Å². The molecule has 2 saturated carbocycles. The van der Waals surface area contributed by atoms with Crippen LogP contribution in [0.5, 0.6) is 0 Å². The van der Waals surface area contributed by atoms with E-state index in [1.807, 2.05) is 0 Å². The molecule has 92 valence electrons. The van der Waals surface area contributed by atoms with E-state index >= 15 is 0 Å². The average Bonchev–Trinajstić information content (AvgIpc) is 2.99. The lowest BCUT2D eigenvalue weighted by molar-refractivity contribution is -0.209. The van der Waals surface area contributed by atoms with E-state index in [9.17, 15) is 9.59 Å². The minimum absolute atomic E-state index is 0.0158. The largest absolute Gasteiger partial charge is 0.458 e. The Balaban J connectivity index is 1.81. The number of fused-ring (bicyclic) bond motifs is 2. The number of esters is 2. The number of carbonyl (C=O) groups is 2. The summed E-state index contributed by atoms with van der Waals surface area (Å²) in [6, 6.07) is 0. The summed E-state index contributed by atoms with van der Waals surface area (Å²) in [5.41, 5.74) is 0.406. The Bertz CT molecular complexity index is 427. The number of carbonyl (C=O) groups excluding carboxylic acids is 2. The van der Waals surface area contributed by atoms with Crippen LogP contribution in [-0.4, -0.2) is 24.1 Å². The van der Waals surface area contributed by atoms with Crippen molar-refractivity contribution in [1.29, 1.82) is 0 Å².